The van der Waals surface area contributed by atoms with Gasteiger partial charge in [0, 0.05) is 25.0 Å². The van der Waals surface area contributed by atoms with Gasteiger partial charge in [-0.3, -0.25) is 9.55 Å². The van der Waals surface area contributed by atoms with Crippen molar-refractivity contribution in [3.63, 3.8) is 0 Å². The SMILES string of the molecule is O=S(=O)(O)c1cccc(N=Cc2ccc(N(CCO)CCO)cc2)c1. The van der Waals surface area contributed by atoms with Crippen molar-refractivity contribution in [3.8, 4) is 0 Å². The summed E-state index contributed by atoms with van der Waals surface area (Å²) < 4.78 is 31.3. The molecule has 2 rings (SSSR count). The molecule has 0 saturated carbocycles. The fraction of sp³-hybridized carbons (Fsp3) is 0.235. The van der Waals surface area contributed by atoms with Crippen molar-refractivity contribution in [2.24, 2.45) is 4.99 Å². The lowest BCUT2D eigenvalue weighted by Gasteiger charge is -2.22. The van der Waals surface area contributed by atoms with E-state index in [1.165, 1.54) is 18.2 Å². The van der Waals surface area contributed by atoms with Crippen LogP contribution in [0.4, 0.5) is 11.4 Å². The first kappa shape index (κ1) is 19.1. The second-order valence-corrected chi connectivity index (χ2v) is 6.68. The maximum Gasteiger partial charge on any atom is 0.294 e. The van der Waals surface area contributed by atoms with Crippen LogP contribution in [-0.2, 0) is 10.1 Å². The third-order valence-electron chi connectivity index (χ3n) is 3.48. The van der Waals surface area contributed by atoms with Gasteiger partial charge in [-0.25, -0.2) is 0 Å². The molecule has 0 unspecified atom stereocenters. The zero-order valence-electron chi connectivity index (χ0n) is 13.5. The van der Waals surface area contributed by atoms with Gasteiger partial charge in [0.25, 0.3) is 10.1 Å². The predicted molar refractivity (Wildman–Crippen MR) is 96.3 cm³/mol. The first-order valence-corrected chi connectivity index (χ1v) is 9.06. The molecule has 0 spiro atoms. The highest BCUT2D eigenvalue weighted by Gasteiger charge is 2.09. The lowest BCUT2D eigenvalue weighted by molar-refractivity contribution is 0.281. The van der Waals surface area contributed by atoms with E-state index in [1.807, 2.05) is 29.2 Å². The summed E-state index contributed by atoms with van der Waals surface area (Å²) in [5.41, 5.74) is 2.07. The van der Waals surface area contributed by atoms with E-state index in [9.17, 15) is 8.42 Å². The van der Waals surface area contributed by atoms with Crippen LogP contribution in [0.1, 0.15) is 5.56 Å². The van der Waals surface area contributed by atoms with Gasteiger partial charge >= 0.3 is 0 Å². The molecular weight excluding hydrogens is 344 g/mol. The summed E-state index contributed by atoms with van der Waals surface area (Å²) in [5.74, 6) is 0. The summed E-state index contributed by atoms with van der Waals surface area (Å²) in [6, 6.07) is 13.1. The molecule has 134 valence electrons. The molecule has 0 radical (unpaired) electrons. The lowest BCUT2D eigenvalue weighted by Crippen LogP contribution is -2.29. The van der Waals surface area contributed by atoms with Gasteiger partial charge in [0.15, 0.2) is 0 Å². The Labute approximate surface area is 146 Å². The molecule has 0 atom stereocenters. The van der Waals surface area contributed by atoms with E-state index >= 15 is 0 Å². The molecule has 7 nitrogen and oxygen atoms in total. The number of nitrogens with zero attached hydrogens (tertiary/aromatic N) is 2. The minimum Gasteiger partial charge on any atom is -0.395 e. The summed E-state index contributed by atoms with van der Waals surface area (Å²) in [6.07, 6.45) is 1.58. The summed E-state index contributed by atoms with van der Waals surface area (Å²) in [7, 11) is -4.25. The molecular formula is C17H20N2O5S. The third-order valence-corrected chi connectivity index (χ3v) is 4.33. The van der Waals surface area contributed by atoms with Crippen molar-refractivity contribution in [2.75, 3.05) is 31.2 Å². The number of aliphatic hydroxyl groups is 2. The minimum atomic E-state index is -4.25. The molecule has 0 bridgehead atoms. The molecule has 8 heteroatoms. The van der Waals surface area contributed by atoms with Crippen LogP contribution >= 0.6 is 0 Å². The van der Waals surface area contributed by atoms with Gasteiger partial charge in [0.05, 0.1) is 23.8 Å². The number of aliphatic imine (C=N–C) groups is 1. The van der Waals surface area contributed by atoms with Crippen molar-refractivity contribution in [1.82, 2.24) is 0 Å². The molecule has 0 aliphatic carbocycles. The first-order chi connectivity index (χ1) is 11.9. The quantitative estimate of drug-likeness (QED) is 0.483. The van der Waals surface area contributed by atoms with Gasteiger partial charge < -0.3 is 15.1 Å². The minimum absolute atomic E-state index is 0.00663. The lowest BCUT2D eigenvalue weighted by atomic mass is 10.2. The summed E-state index contributed by atoms with van der Waals surface area (Å²) in [5, 5.41) is 18.1. The molecule has 2 aromatic rings. The Bertz CT molecular complexity index is 813. The van der Waals surface area contributed by atoms with Crippen LogP contribution in [0.25, 0.3) is 0 Å². The average molecular weight is 364 g/mol. The second kappa shape index (κ2) is 8.72. The fourth-order valence-corrected chi connectivity index (χ4v) is 2.78. The molecule has 0 aliphatic rings. The Balaban J connectivity index is 2.14. The van der Waals surface area contributed by atoms with E-state index in [1.54, 1.807) is 12.3 Å². The van der Waals surface area contributed by atoms with Gasteiger partial charge in [0.1, 0.15) is 0 Å². The molecule has 3 N–H and O–H groups in total. The molecule has 0 fully saturated rings. The molecule has 0 heterocycles. The standard InChI is InChI=1S/C17H20N2O5S/c20-10-8-19(9-11-21)16-6-4-14(5-7-16)13-18-15-2-1-3-17(12-15)25(22,23)24/h1-7,12-13,20-21H,8-11H2,(H,22,23,24). The number of anilines is 1. The van der Waals surface area contributed by atoms with Gasteiger partial charge in [-0.1, -0.05) is 18.2 Å². The van der Waals surface area contributed by atoms with Crippen molar-refractivity contribution in [3.05, 3.63) is 54.1 Å². The van der Waals surface area contributed by atoms with Crippen molar-refractivity contribution in [2.45, 2.75) is 4.90 Å². The monoisotopic (exact) mass is 364 g/mol. The van der Waals surface area contributed by atoms with Crippen LogP contribution in [0, 0.1) is 0 Å². The number of hydrogen-bond donors (Lipinski definition) is 3. The Hall–Kier alpha value is -2.26. The van der Waals surface area contributed by atoms with Gasteiger partial charge in [0.2, 0.25) is 0 Å². The summed E-state index contributed by atoms with van der Waals surface area (Å²) >= 11 is 0. The van der Waals surface area contributed by atoms with Crippen LogP contribution < -0.4 is 4.90 Å². The highest BCUT2D eigenvalue weighted by atomic mass is 32.2. The molecule has 2 aromatic carbocycles. The molecule has 0 aromatic heterocycles. The third kappa shape index (κ3) is 5.64. The van der Waals surface area contributed by atoms with Crippen LogP contribution in [-0.4, -0.2) is 55.7 Å². The Morgan fingerprint density at radius 2 is 1.64 bits per heavy atom. The first-order valence-electron chi connectivity index (χ1n) is 7.62. The highest BCUT2D eigenvalue weighted by Crippen LogP contribution is 2.18. The van der Waals surface area contributed by atoms with Crippen LogP contribution in [0.5, 0.6) is 0 Å². The summed E-state index contributed by atoms with van der Waals surface area (Å²) in [4.78, 5) is 5.85. The van der Waals surface area contributed by atoms with E-state index in [0.717, 1.165) is 11.3 Å². The van der Waals surface area contributed by atoms with Crippen LogP contribution in [0.2, 0.25) is 0 Å². The van der Waals surface area contributed by atoms with E-state index in [-0.39, 0.29) is 18.1 Å². The maximum absolute atomic E-state index is 11.1. The van der Waals surface area contributed by atoms with Crippen LogP contribution in [0.15, 0.2) is 58.4 Å². The predicted octanol–water partition coefficient (Wildman–Crippen LogP) is 1.47. The van der Waals surface area contributed by atoms with Crippen molar-refractivity contribution >= 4 is 27.7 Å². The largest absolute Gasteiger partial charge is 0.395 e. The molecule has 0 saturated heterocycles. The Kier molecular flexibility index (Phi) is 6.65. The second-order valence-electron chi connectivity index (χ2n) is 5.26. The topological polar surface area (TPSA) is 110 Å². The van der Waals surface area contributed by atoms with E-state index in [4.69, 9.17) is 14.8 Å². The fourth-order valence-electron chi connectivity index (χ4n) is 2.26. The zero-order chi connectivity index (χ0) is 18.3. The molecule has 0 amide bonds. The Morgan fingerprint density at radius 1 is 1.00 bits per heavy atom. The number of aliphatic hydroxyl groups excluding tert-OH is 2. The smallest absolute Gasteiger partial charge is 0.294 e. The van der Waals surface area contributed by atoms with E-state index < -0.39 is 10.1 Å². The Morgan fingerprint density at radius 3 is 2.20 bits per heavy atom. The van der Waals surface area contributed by atoms with E-state index in [2.05, 4.69) is 4.99 Å². The van der Waals surface area contributed by atoms with E-state index in [0.29, 0.717) is 18.8 Å². The maximum atomic E-state index is 11.1. The molecule has 25 heavy (non-hydrogen) atoms. The average Bonchev–Trinajstić information content (AvgIpc) is 2.60. The van der Waals surface area contributed by atoms with Crippen molar-refractivity contribution < 1.29 is 23.2 Å². The number of benzene rings is 2. The normalized spacial score (nSPS) is 11.8. The molecule has 0 aliphatic heterocycles. The van der Waals surface area contributed by atoms with Crippen LogP contribution in [0.3, 0.4) is 0 Å². The van der Waals surface area contributed by atoms with Crippen molar-refractivity contribution in [1.29, 1.82) is 0 Å². The number of rotatable bonds is 8. The highest BCUT2D eigenvalue weighted by molar-refractivity contribution is 7.85. The number of hydrogen-bond acceptors (Lipinski definition) is 6. The van der Waals surface area contributed by atoms with Gasteiger partial charge in [-0.2, -0.15) is 8.42 Å². The zero-order valence-corrected chi connectivity index (χ0v) is 14.3. The van der Waals surface area contributed by atoms with Gasteiger partial charge in [-0.15, -0.1) is 0 Å². The summed E-state index contributed by atoms with van der Waals surface area (Å²) in [6.45, 7) is 0.841. The van der Waals surface area contributed by atoms with Gasteiger partial charge in [-0.05, 0) is 35.9 Å².